The minimum Gasteiger partial charge on any atom is -0.490 e. The third-order valence-electron chi connectivity index (χ3n) is 3.71. The number of carbonyl (C=O) groups is 1. The topological polar surface area (TPSA) is 55.8 Å². The van der Waals surface area contributed by atoms with Gasteiger partial charge in [0.15, 0.2) is 11.5 Å². The number of halogens is 1. The van der Waals surface area contributed by atoms with Gasteiger partial charge in [-0.3, -0.25) is 4.79 Å². The monoisotopic (exact) mass is 356 g/mol. The lowest BCUT2D eigenvalue weighted by atomic mass is 9.78. The molecular weight excluding hydrogens is 336 g/mol. The number of aliphatic carboxylic acids is 1. The summed E-state index contributed by atoms with van der Waals surface area (Å²) in [5.41, 5.74) is 1.55. The summed E-state index contributed by atoms with van der Waals surface area (Å²) in [6.45, 7) is 7.21. The second kappa shape index (κ2) is 6.26. The molecule has 0 bridgehead atoms. The van der Waals surface area contributed by atoms with Crippen molar-refractivity contribution in [1.82, 2.24) is 0 Å². The standard InChI is InChI=1S/C16H21BrO4/c1-4-10-14(16(2,3)9-13(18)19)11(17)8-12-15(10)21-7-5-6-20-12/h8H,4-7,9H2,1-3H3,(H,18,19). The zero-order valence-corrected chi connectivity index (χ0v) is 14.2. The third-order valence-corrected chi connectivity index (χ3v) is 4.34. The molecule has 1 aromatic rings. The fourth-order valence-corrected chi connectivity index (χ4v) is 3.86. The Morgan fingerprint density at radius 3 is 2.67 bits per heavy atom. The maximum atomic E-state index is 11.2. The van der Waals surface area contributed by atoms with Crippen LogP contribution in [0.4, 0.5) is 0 Å². The highest BCUT2D eigenvalue weighted by Crippen LogP contribution is 2.45. The molecule has 5 heteroatoms. The molecule has 0 radical (unpaired) electrons. The molecule has 1 aliphatic heterocycles. The van der Waals surface area contributed by atoms with Crippen LogP contribution in [0.25, 0.3) is 0 Å². The maximum absolute atomic E-state index is 11.2. The summed E-state index contributed by atoms with van der Waals surface area (Å²) in [6.07, 6.45) is 1.69. The van der Waals surface area contributed by atoms with E-state index < -0.39 is 11.4 Å². The van der Waals surface area contributed by atoms with Crippen molar-refractivity contribution >= 4 is 21.9 Å². The van der Waals surface area contributed by atoms with E-state index >= 15 is 0 Å². The van der Waals surface area contributed by atoms with Gasteiger partial charge < -0.3 is 14.6 Å². The SMILES string of the molecule is CCc1c2c(cc(Br)c1C(C)(C)CC(=O)O)OCCCO2. The first-order valence-corrected chi connectivity index (χ1v) is 7.99. The number of hydrogen-bond donors (Lipinski definition) is 1. The average molecular weight is 357 g/mol. The Labute approximate surface area is 133 Å². The van der Waals surface area contributed by atoms with Gasteiger partial charge in [0.25, 0.3) is 0 Å². The van der Waals surface area contributed by atoms with E-state index in [4.69, 9.17) is 9.47 Å². The predicted octanol–water partition coefficient (Wildman–Crippen LogP) is 3.93. The molecule has 1 aliphatic rings. The van der Waals surface area contributed by atoms with Crippen LogP contribution in [0.1, 0.15) is 44.7 Å². The first kappa shape index (κ1) is 16.1. The summed E-state index contributed by atoms with van der Waals surface area (Å²) in [5, 5.41) is 9.18. The van der Waals surface area contributed by atoms with Crippen LogP contribution in [0.3, 0.4) is 0 Å². The van der Waals surface area contributed by atoms with Crippen LogP contribution in [0.5, 0.6) is 11.5 Å². The van der Waals surface area contributed by atoms with Gasteiger partial charge in [-0.1, -0.05) is 36.7 Å². The number of benzene rings is 1. The lowest BCUT2D eigenvalue weighted by molar-refractivity contribution is -0.138. The number of carboxylic acids is 1. The molecule has 116 valence electrons. The fourth-order valence-electron chi connectivity index (χ4n) is 2.88. The molecule has 0 fully saturated rings. The van der Waals surface area contributed by atoms with E-state index in [2.05, 4.69) is 22.9 Å². The first-order chi connectivity index (χ1) is 9.86. The van der Waals surface area contributed by atoms with E-state index in [0.717, 1.165) is 39.9 Å². The maximum Gasteiger partial charge on any atom is 0.304 e. The minimum atomic E-state index is -0.805. The third kappa shape index (κ3) is 3.34. The summed E-state index contributed by atoms with van der Waals surface area (Å²) < 4.78 is 12.5. The highest BCUT2D eigenvalue weighted by atomic mass is 79.9. The fraction of sp³-hybridized carbons (Fsp3) is 0.562. The van der Waals surface area contributed by atoms with Crippen LogP contribution in [0.2, 0.25) is 0 Å². The van der Waals surface area contributed by atoms with Crippen LogP contribution in [-0.4, -0.2) is 24.3 Å². The summed E-state index contributed by atoms with van der Waals surface area (Å²) in [4.78, 5) is 11.2. The smallest absolute Gasteiger partial charge is 0.304 e. The molecule has 0 saturated carbocycles. The zero-order chi connectivity index (χ0) is 15.6. The van der Waals surface area contributed by atoms with Crippen LogP contribution < -0.4 is 9.47 Å². The molecular formula is C16H21BrO4. The average Bonchev–Trinajstić information content (AvgIpc) is 2.60. The molecule has 0 aromatic heterocycles. The highest BCUT2D eigenvalue weighted by Gasteiger charge is 2.32. The van der Waals surface area contributed by atoms with Crippen molar-refractivity contribution in [2.24, 2.45) is 0 Å². The second-order valence-electron chi connectivity index (χ2n) is 5.90. The van der Waals surface area contributed by atoms with Gasteiger partial charge in [-0.2, -0.15) is 0 Å². The molecule has 1 N–H and O–H groups in total. The lowest BCUT2D eigenvalue weighted by Crippen LogP contribution is -2.24. The number of carboxylic acid groups (broad SMARTS) is 1. The minimum absolute atomic E-state index is 0.0677. The molecule has 1 heterocycles. The normalized spacial score (nSPS) is 14.7. The molecule has 2 rings (SSSR count). The van der Waals surface area contributed by atoms with E-state index in [-0.39, 0.29) is 6.42 Å². The lowest BCUT2D eigenvalue weighted by Gasteiger charge is -2.29. The Bertz CT molecular complexity index is 552. The molecule has 0 amide bonds. The van der Waals surface area contributed by atoms with Gasteiger partial charge in [0, 0.05) is 21.9 Å². The van der Waals surface area contributed by atoms with Crippen LogP contribution in [0.15, 0.2) is 10.5 Å². The van der Waals surface area contributed by atoms with Gasteiger partial charge in [0.2, 0.25) is 0 Å². The van der Waals surface area contributed by atoms with Crippen molar-refractivity contribution in [3.63, 3.8) is 0 Å². The van der Waals surface area contributed by atoms with Gasteiger partial charge in [-0.25, -0.2) is 0 Å². The highest BCUT2D eigenvalue weighted by molar-refractivity contribution is 9.10. The quantitative estimate of drug-likeness (QED) is 0.887. The van der Waals surface area contributed by atoms with Crippen LogP contribution in [0, 0.1) is 0 Å². The van der Waals surface area contributed by atoms with E-state index in [1.807, 2.05) is 19.9 Å². The predicted molar refractivity (Wildman–Crippen MR) is 84.4 cm³/mol. The summed E-state index contributed by atoms with van der Waals surface area (Å²) in [6, 6.07) is 1.90. The summed E-state index contributed by atoms with van der Waals surface area (Å²) in [5.74, 6) is 0.707. The van der Waals surface area contributed by atoms with Crippen molar-refractivity contribution < 1.29 is 19.4 Å². The molecule has 0 atom stereocenters. The van der Waals surface area contributed by atoms with Gasteiger partial charge in [-0.15, -0.1) is 0 Å². The number of fused-ring (bicyclic) bond motifs is 1. The van der Waals surface area contributed by atoms with Gasteiger partial charge >= 0.3 is 5.97 Å². The zero-order valence-electron chi connectivity index (χ0n) is 12.7. The Morgan fingerprint density at radius 1 is 1.38 bits per heavy atom. The van der Waals surface area contributed by atoms with Gasteiger partial charge in [0.1, 0.15) is 0 Å². The number of ether oxygens (including phenoxy) is 2. The molecule has 1 aromatic carbocycles. The molecule has 4 nitrogen and oxygen atoms in total. The van der Waals surface area contributed by atoms with Crippen molar-refractivity contribution in [3.05, 3.63) is 21.7 Å². The van der Waals surface area contributed by atoms with E-state index in [9.17, 15) is 9.90 Å². The second-order valence-corrected chi connectivity index (χ2v) is 6.75. The first-order valence-electron chi connectivity index (χ1n) is 7.20. The number of hydrogen-bond acceptors (Lipinski definition) is 3. The summed E-state index contributed by atoms with van der Waals surface area (Å²) >= 11 is 3.59. The molecule has 0 spiro atoms. The Hall–Kier alpha value is -1.23. The number of rotatable bonds is 4. The van der Waals surface area contributed by atoms with Crippen molar-refractivity contribution in [3.8, 4) is 11.5 Å². The van der Waals surface area contributed by atoms with Crippen molar-refractivity contribution in [1.29, 1.82) is 0 Å². The largest absolute Gasteiger partial charge is 0.490 e. The molecule has 21 heavy (non-hydrogen) atoms. The molecule has 0 unspecified atom stereocenters. The van der Waals surface area contributed by atoms with Crippen LogP contribution >= 0.6 is 15.9 Å². The van der Waals surface area contributed by atoms with Gasteiger partial charge in [0.05, 0.1) is 19.6 Å². The molecule has 0 aliphatic carbocycles. The van der Waals surface area contributed by atoms with Crippen LogP contribution in [-0.2, 0) is 16.6 Å². The Balaban J connectivity index is 2.60. The van der Waals surface area contributed by atoms with Crippen molar-refractivity contribution in [2.75, 3.05) is 13.2 Å². The van der Waals surface area contributed by atoms with E-state index in [0.29, 0.717) is 13.2 Å². The molecule has 0 saturated heterocycles. The Morgan fingerprint density at radius 2 is 2.05 bits per heavy atom. The Kier molecular flexibility index (Phi) is 4.81. The summed E-state index contributed by atoms with van der Waals surface area (Å²) in [7, 11) is 0. The van der Waals surface area contributed by atoms with Crippen molar-refractivity contribution in [2.45, 2.75) is 45.4 Å². The van der Waals surface area contributed by atoms with E-state index in [1.54, 1.807) is 0 Å². The van der Waals surface area contributed by atoms with E-state index in [1.165, 1.54) is 0 Å². The van der Waals surface area contributed by atoms with Gasteiger partial charge in [-0.05, 0) is 18.1 Å².